The number of rotatable bonds is 6. The summed E-state index contributed by atoms with van der Waals surface area (Å²) in [7, 11) is -0.983. The maximum atomic E-state index is 14.1. The van der Waals surface area contributed by atoms with Gasteiger partial charge >= 0.3 is 13.3 Å². The molecule has 2 N–H and O–H groups in total. The number of esters is 1. The fourth-order valence-corrected chi connectivity index (χ4v) is 2.17. The molecule has 0 spiro atoms. The Bertz CT molecular complexity index is 606. The van der Waals surface area contributed by atoms with Crippen molar-refractivity contribution in [1.82, 2.24) is 0 Å². The Morgan fingerprint density at radius 1 is 1.38 bits per heavy atom. The molecule has 0 saturated heterocycles. The van der Waals surface area contributed by atoms with Gasteiger partial charge in [0, 0.05) is 12.0 Å². The highest BCUT2D eigenvalue weighted by atomic mass is 35.5. The van der Waals surface area contributed by atoms with Crippen LogP contribution in [-0.4, -0.2) is 41.6 Å². The number of ether oxygens (including phenoxy) is 2. The summed E-state index contributed by atoms with van der Waals surface area (Å²) in [4.78, 5) is 12.2. The molecule has 0 aliphatic heterocycles. The van der Waals surface area contributed by atoms with Crippen molar-refractivity contribution < 1.29 is 37.8 Å². The van der Waals surface area contributed by atoms with Crippen LogP contribution in [0.3, 0.4) is 0 Å². The number of benzene rings is 1. The summed E-state index contributed by atoms with van der Waals surface area (Å²) in [5.74, 6) is -4.10. The van der Waals surface area contributed by atoms with Crippen LogP contribution in [0.25, 0.3) is 0 Å². The number of hydrogen-bond acceptors (Lipinski definition) is 6. The van der Waals surface area contributed by atoms with Crippen molar-refractivity contribution in [3.8, 4) is 5.75 Å². The van der Waals surface area contributed by atoms with Crippen molar-refractivity contribution in [2.24, 2.45) is 0 Å². The predicted octanol–water partition coefficient (Wildman–Crippen LogP) is 2.02. The van der Waals surface area contributed by atoms with Crippen LogP contribution >= 0.6 is 11.6 Å². The molecule has 0 radical (unpaired) electrons. The summed E-state index contributed by atoms with van der Waals surface area (Å²) in [5, 5.41) is 17.4. The molecule has 1 aromatic carbocycles. The summed E-state index contributed by atoms with van der Waals surface area (Å²) < 4.78 is 42.5. The largest absolute Gasteiger partial charge is 0.635 e. The average molecular weight is 367 g/mol. The van der Waals surface area contributed by atoms with E-state index in [1.165, 1.54) is 0 Å². The third kappa shape index (κ3) is 5.59. The molecule has 0 unspecified atom stereocenters. The van der Waals surface area contributed by atoms with Gasteiger partial charge in [0.05, 0.1) is 7.11 Å². The predicted molar refractivity (Wildman–Crippen MR) is 82.7 cm³/mol. The molecular formula is C14H18BClF2O6. The van der Waals surface area contributed by atoms with Crippen LogP contribution in [0.2, 0.25) is 0 Å². The van der Waals surface area contributed by atoms with E-state index >= 15 is 0 Å². The van der Waals surface area contributed by atoms with Crippen molar-refractivity contribution in [1.29, 1.82) is 0 Å². The van der Waals surface area contributed by atoms with Crippen LogP contribution in [0.4, 0.5) is 8.78 Å². The molecule has 24 heavy (non-hydrogen) atoms. The van der Waals surface area contributed by atoms with Crippen LogP contribution in [0.5, 0.6) is 5.75 Å². The number of alkyl halides is 1. The highest BCUT2D eigenvalue weighted by Gasteiger charge is 2.30. The normalized spacial score (nSPS) is 12.7. The Morgan fingerprint density at radius 3 is 2.42 bits per heavy atom. The highest BCUT2D eigenvalue weighted by Crippen LogP contribution is 2.32. The molecule has 0 aromatic heterocycles. The first kappa shape index (κ1) is 20.6. The van der Waals surface area contributed by atoms with Crippen LogP contribution < -0.4 is 4.74 Å². The summed E-state index contributed by atoms with van der Waals surface area (Å²) >= 11 is 5.74. The second-order valence-electron chi connectivity index (χ2n) is 5.82. The molecule has 0 amide bonds. The van der Waals surface area contributed by atoms with Gasteiger partial charge in [0.15, 0.2) is 11.6 Å². The van der Waals surface area contributed by atoms with Gasteiger partial charge in [0.25, 0.3) is 0 Å². The van der Waals surface area contributed by atoms with Gasteiger partial charge in [0.2, 0.25) is 0 Å². The van der Waals surface area contributed by atoms with Crippen molar-refractivity contribution in [2.45, 2.75) is 38.4 Å². The van der Waals surface area contributed by atoms with Crippen LogP contribution in [0.1, 0.15) is 36.7 Å². The zero-order valence-electron chi connectivity index (χ0n) is 13.6. The maximum Gasteiger partial charge on any atom is 0.635 e. The van der Waals surface area contributed by atoms with E-state index < -0.39 is 41.7 Å². The standard InChI is InChI=1S/C14H18BClF2O6/c1-14(2,3)23-13(19)10-11(18)8(17)5-7(12(10)22-4)6-9(16)24-15(20)21/h5,9,20-21H,6H2,1-4H3/t9-/m1/s1. The SMILES string of the molecule is COc1c(C[C@H](Cl)OB(O)O)cc(F)c(F)c1C(=O)OC(C)(C)C. The number of carbonyl (C=O) groups is 1. The maximum absolute atomic E-state index is 14.1. The minimum absolute atomic E-state index is 0.00194. The van der Waals surface area contributed by atoms with E-state index in [4.69, 9.17) is 31.1 Å². The minimum Gasteiger partial charge on any atom is -0.495 e. The smallest absolute Gasteiger partial charge is 0.495 e. The molecule has 0 aliphatic carbocycles. The summed E-state index contributed by atoms with van der Waals surface area (Å²) in [6.07, 6.45) is -0.282. The second kappa shape index (κ2) is 8.11. The molecule has 0 fully saturated rings. The molecule has 0 saturated carbocycles. The van der Waals surface area contributed by atoms with E-state index in [2.05, 4.69) is 4.65 Å². The zero-order chi connectivity index (χ0) is 18.7. The Kier molecular flexibility index (Phi) is 6.97. The lowest BCUT2D eigenvalue weighted by Gasteiger charge is -2.22. The molecule has 134 valence electrons. The van der Waals surface area contributed by atoms with E-state index in [9.17, 15) is 13.6 Å². The first-order valence-electron chi connectivity index (χ1n) is 6.90. The second-order valence-corrected chi connectivity index (χ2v) is 6.30. The summed E-state index contributed by atoms with van der Waals surface area (Å²) in [5.41, 5.74) is -2.93. The fourth-order valence-electron chi connectivity index (χ4n) is 1.91. The topological polar surface area (TPSA) is 85.2 Å². The Hall–Kier alpha value is -1.42. The van der Waals surface area contributed by atoms with Crippen molar-refractivity contribution >= 4 is 24.9 Å². The molecule has 1 aromatic rings. The molecule has 1 atom stereocenters. The number of halogens is 3. The van der Waals surface area contributed by atoms with Gasteiger partial charge < -0.3 is 24.2 Å². The van der Waals surface area contributed by atoms with Crippen molar-refractivity contribution in [2.75, 3.05) is 7.11 Å². The van der Waals surface area contributed by atoms with E-state index in [0.29, 0.717) is 0 Å². The van der Waals surface area contributed by atoms with E-state index in [1.54, 1.807) is 20.8 Å². The van der Waals surface area contributed by atoms with Gasteiger partial charge in [-0.2, -0.15) is 0 Å². The molecule has 6 nitrogen and oxygen atoms in total. The van der Waals surface area contributed by atoms with Crippen LogP contribution in [0, 0.1) is 11.6 Å². The molecule has 0 bridgehead atoms. The van der Waals surface area contributed by atoms with Gasteiger partial charge in [-0.25, -0.2) is 13.6 Å². The van der Waals surface area contributed by atoms with E-state index in [-0.39, 0.29) is 17.7 Å². The first-order chi connectivity index (χ1) is 11.0. The lowest BCUT2D eigenvalue weighted by Crippen LogP contribution is -2.26. The van der Waals surface area contributed by atoms with E-state index in [1.807, 2.05) is 0 Å². The fraction of sp³-hybridized carbons (Fsp3) is 0.500. The zero-order valence-corrected chi connectivity index (χ0v) is 14.4. The monoisotopic (exact) mass is 366 g/mol. The third-order valence-corrected chi connectivity index (χ3v) is 2.96. The Balaban J connectivity index is 3.30. The lowest BCUT2D eigenvalue weighted by atomic mass is 10.0. The average Bonchev–Trinajstić information content (AvgIpc) is 2.38. The third-order valence-electron chi connectivity index (χ3n) is 2.71. The number of carbonyl (C=O) groups excluding carboxylic acids is 1. The first-order valence-corrected chi connectivity index (χ1v) is 7.33. The van der Waals surface area contributed by atoms with Crippen LogP contribution in [-0.2, 0) is 15.8 Å². The minimum atomic E-state index is -2.14. The number of hydrogen-bond donors (Lipinski definition) is 2. The van der Waals surface area contributed by atoms with Gasteiger partial charge in [-0.15, -0.1) is 0 Å². The lowest BCUT2D eigenvalue weighted by molar-refractivity contribution is 0.00598. The summed E-state index contributed by atoms with van der Waals surface area (Å²) in [6.45, 7) is 4.71. The molecule has 0 heterocycles. The number of methoxy groups -OCH3 is 1. The quantitative estimate of drug-likeness (QED) is 0.455. The van der Waals surface area contributed by atoms with Crippen molar-refractivity contribution in [3.63, 3.8) is 0 Å². The van der Waals surface area contributed by atoms with Gasteiger partial charge in [-0.1, -0.05) is 11.6 Å². The van der Waals surface area contributed by atoms with Gasteiger partial charge in [-0.3, -0.25) is 0 Å². The van der Waals surface area contributed by atoms with Gasteiger partial charge in [-0.05, 0) is 26.8 Å². The summed E-state index contributed by atoms with van der Waals surface area (Å²) in [6, 6.07) is 0.782. The molecular weight excluding hydrogens is 348 g/mol. The van der Waals surface area contributed by atoms with Gasteiger partial charge in [0.1, 0.15) is 22.5 Å². The molecule has 10 heteroatoms. The van der Waals surface area contributed by atoms with Crippen LogP contribution in [0.15, 0.2) is 6.07 Å². The van der Waals surface area contributed by atoms with E-state index in [0.717, 1.165) is 13.2 Å². The molecule has 0 aliphatic rings. The Labute approximate surface area is 143 Å². The Morgan fingerprint density at radius 2 is 1.96 bits per heavy atom. The highest BCUT2D eigenvalue weighted by molar-refractivity contribution is 6.34. The van der Waals surface area contributed by atoms with Crippen molar-refractivity contribution in [3.05, 3.63) is 28.8 Å². The molecule has 1 rings (SSSR count).